The average Bonchev–Trinajstić information content (AvgIpc) is 1.47. The van der Waals surface area contributed by atoms with E-state index in [1.165, 1.54) is 24.3 Å². The molecule has 0 spiro atoms. The molecule has 93 heavy (non-hydrogen) atoms. The Hall–Kier alpha value is -11.3. The molecular formula is C78H79N3O12. The topological polar surface area (TPSA) is 194 Å². The van der Waals surface area contributed by atoms with Crippen LogP contribution in [0.4, 0.5) is 17.1 Å². The van der Waals surface area contributed by atoms with E-state index < -0.39 is 17.9 Å². The van der Waals surface area contributed by atoms with Crippen molar-refractivity contribution in [3.63, 3.8) is 0 Å². The SMILES string of the molecule is CCOC(=O)/C=C/c1cccc(C(=O)Cc2cccc(C)c2)c1.CCOC(=O)/C=C/c1cccc(C(=O)N(C)c2cccc(C)c2)c1.CCOC(=O)/C=C/c1cccc(C(=O)N(C)c2cccc(C)c2)c1.Cc1cccc(N(C)C(=O)c2cccc(/C=C/C(=O)O)c2)c1. The predicted molar refractivity (Wildman–Crippen MR) is 370 cm³/mol. The van der Waals surface area contributed by atoms with Crippen molar-refractivity contribution >= 4 is 88.7 Å². The largest absolute Gasteiger partial charge is 0.478 e. The third kappa shape index (κ3) is 24.9. The highest BCUT2D eigenvalue weighted by molar-refractivity contribution is 6.08. The van der Waals surface area contributed by atoms with Crippen LogP contribution in [0.2, 0.25) is 0 Å². The first-order valence-corrected chi connectivity index (χ1v) is 30.1. The van der Waals surface area contributed by atoms with E-state index in [2.05, 4.69) is 0 Å². The van der Waals surface area contributed by atoms with Crippen LogP contribution in [0.5, 0.6) is 0 Å². The van der Waals surface area contributed by atoms with Crippen molar-refractivity contribution in [1.29, 1.82) is 0 Å². The van der Waals surface area contributed by atoms with E-state index in [1.54, 1.807) is 148 Å². The molecule has 8 aromatic rings. The van der Waals surface area contributed by atoms with Gasteiger partial charge in [0.05, 0.1) is 19.8 Å². The maximum absolute atomic E-state index is 12.7. The molecule has 0 aliphatic rings. The summed E-state index contributed by atoms with van der Waals surface area (Å²) in [6.45, 7) is 14.2. The number of carbonyl (C=O) groups is 8. The molecule has 0 heterocycles. The van der Waals surface area contributed by atoms with Crippen molar-refractivity contribution in [1.82, 2.24) is 0 Å². The van der Waals surface area contributed by atoms with Gasteiger partial charge in [0.2, 0.25) is 0 Å². The molecule has 8 rings (SSSR count). The highest BCUT2D eigenvalue weighted by Gasteiger charge is 2.17. The van der Waals surface area contributed by atoms with Gasteiger partial charge in [0.1, 0.15) is 0 Å². The second kappa shape index (κ2) is 37.6. The lowest BCUT2D eigenvalue weighted by Crippen LogP contribution is -2.26. The second-order valence-corrected chi connectivity index (χ2v) is 21.1. The van der Waals surface area contributed by atoms with Gasteiger partial charge >= 0.3 is 23.9 Å². The summed E-state index contributed by atoms with van der Waals surface area (Å²) in [6.07, 6.45) is 11.9. The summed E-state index contributed by atoms with van der Waals surface area (Å²) in [5, 5.41) is 8.65. The summed E-state index contributed by atoms with van der Waals surface area (Å²) in [6, 6.07) is 59.6. The molecule has 0 unspecified atom stereocenters. The van der Waals surface area contributed by atoms with Crippen LogP contribution in [-0.4, -0.2) is 93.5 Å². The van der Waals surface area contributed by atoms with Crippen LogP contribution < -0.4 is 14.7 Å². The summed E-state index contributed by atoms with van der Waals surface area (Å²) in [5.74, 6) is -2.49. The van der Waals surface area contributed by atoms with Crippen molar-refractivity contribution in [2.45, 2.75) is 54.9 Å². The Morgan fingerprint density at radius 1 is 0.355 bits per heavy atom. The maximum Gasteiger partial charge on any atom is 0.330 e. The van der Waals surface area contributed by atoms with Gasteiger partial charge in [0.25, 0.3) is 17.7 Å². The number of rotatable bonds is 20. The minimum Gasteiger partial charge on any atom is -0.478 e. The van der Waals surface area contributed by atoms with Gasteiger partial charge in [-0.25, -0.2) is 19.2 Å². The summed E-state index contributed by atoms with van der Waals surface area (Å²) >= 11 is 0. The molecule has 0 aliphatic heterocycles. The first kappa shape index (κ1) is 72.4. The van der Waals surface area contributed by atoms with E-state index in [4.69, 9.17) is 19.3 Å². The second-order valence-electron chi connectivity index (χ2n) is 21.1. The Kier molecular flexibility index (Phi) is 29.3. The number of hydrogen-bond donors (Lipinski definition) is 1. The van der Waals surface area contributed by atoms with Crippen LogP contribution in [-0.2, 0) is 39.8 Å². The Morgan fingerprint density at radius 3 is 0.935 bits per heavy atom. The standard InChI is InChI=1S/2C20H21NO3.C20H20O3.C18H17NO3/c2*1-4-24-19(22)12-11-16-8-6-9-17(14-16)20(23)21(3)18-10-5-7-15(2)13-18;1-3-23-20(22)11-10-16-7-5-9-18(13-16)19(21)14-17-8-4-6-15(2)12-17;1-13-5-3-8-16(11-13)19(2)18(22)15-7-4-6-14(12-15)9-10-17(20)21/h2*5-14H,4H2,1-3H3;4-13H,3,14H2,1-2H3;3-12H,1-2H3,(H,20,21)/b2*12-11+;11-10+;10-9+. The molecule has 8 aromatic carbocycles. The molecule has 0 saturated carbocycles. The normalized spacial score (nSPS) is 10.6. The number of nitrogens with zero attached hydrogens (tertiary/aromatic N) is 3. The van der Waals surface area contributed by atoms with Gasteiger partial charge in [0, 0.05) is 91.2 Å². The summed E-state index contributed by atoms with van der Waals surface area (Å²) in [5.41, 5.74) is 13.2. The van der Waals surface area contributed by atoms with Crippen LogP contribution >= 0.6 is 0 Å². The van der Waals surface area contributed by atoms with Gasteiger partial charge in [0.15, 0.2) is 5.78 Å². The van der Waals surface area contributed by atoms with Crippen molar-refractivity contribution in [2.24, 2.45) is 0 Å². The monoisotopic (exact) mass is 1250 g/mol. The molecule has 0 fully saturated rings. The number of esters is 3. The van der Waals surface area contributed by atoms with E-state index in [0.717, 1.165) is 67.6 Å². The van der Waals surface area contributed by atoms with Gasteiger partial charge < -0.3 is 34.0 Å². The molecule has 3 amide bonds. The molecule has 15 nitrogen and oxygen atoms in total. The van der Waals surface area contributed by atoms with Crippen molar-refractivity contribution in [2.75, 3.05) is 55.7 Å². The molecule has 0 aliphatic carbocycles. The summed E-state index contributed by atoms with van der Waals surface area (Å²) < 4.78 is 14.5. The molecule has 478 valence electrons. The number of benzene rings is 8. The van der Waals surface area contributed by atoms with Crippen LogP contribution in [0.15, 0.2) is 218 Å². The number of ether oxygens (including phenoxy) is 3. The first-order chi connectivity index (χ1) is 44.6. The van der Waals surface area contributed by atoms with Gasteiger partial charge in [-0.1, -0.05) is 121 Å². The molecule has 0 bridgehead atoms. The van der Waals surface area contributed by atoms with Crippen LogP contribution in [0.1, 0.15) is 112 Å². The molecule has 1 N–H and O–H groups in total. The quantitative estimate of drug-likeness (QED) is 0.0329. The molecule has 0 radical (unpaired) electrons. The zero-order valence-electron chi connectivity index (χ0n) is 54.2. The van der Waals surface area contributed by atoms with Crippen molar-refractivity contribution < 1.29 is 57.7 Å². The van der Waals surface area contributed by atoms with E-state index in [9.17, 15) is 38.4 Å². The van der Waals surface area contributed by atoms with E-state index in [-0.39, 0.29) is 29.5 Å². The average molecular weight is 1250 g/mol. The predicted octanol–water partition coefficient (Wildman–Crippen LogP) is 15.1. The zero-order valence-corrected chi connectivity index (χ0v) is 54.2. The van der Waals surface area contributed by atoms with E-state index in [0.29, 0.717) is 54.1 Å². The minimum absolute atomic E-state index is 0.0574. The van der Waals surface area contributed by atoms with Gasteiger partial charge in [-0.3, -0.25) is 19.2 Å². The lowest BCUT2D eigenvalue weighted by Gasteiger charge is -2.18. The number of aliphatic carboxylic acids is 1. The first-order valence-electron chi connectivity index (χ1n) is 30.1. The zero-order chi connectivity index (χ0) is 67.8. The van der Waals surface area contributed by atoms with Crippen LogP contribution in [0.25, 0.3) is 24.3 Å². The minimum atomic E-state index is -1.02. The van der Waals surface area contributed by atoms with Crippen molar-refractivity contribution in [3.05, 3.63) is 291 Å². The number of carbonyl (C=O) groups excluding carboxylic acids is 7. The molecule has 15 heteroatoms. The van der Waals surface area contributed by atoms with Gasteiger partial charge in [-0.05, 0) is 196 Å². The molecular weight excluding hydrogens is 1170 g/mol. The lowest BCUT2D eigenvalue weighted by atomic mass is 10.00. The van der Waals surface area contributed by atoms with Gasteiger partial charge in [-0.15, -0.1) is 0 Å². The van der Waals surface area contributed by atoms with Crippen molar-refractivity contribution in [3.8, 4) is 0 Å². The number of carboxylic acid groups (broad SMARTS) is 1. The van der Waals surface area contributed by atoms with Gasteiger partial charge in [-0.2, -0.15) is 0 Å². The highest BCUT2D eigenvalue weighted by Crippen LogP contribution is 2.22. The third-order valence-corrected chi connectivity index (χ3v) is 13.7. The van der Waals surface area contributed by atoms with Crippen LogP contribution in [0.3, 0.4) is 0 Å². The van der Waals surface area contributed by atoms with E-state index >= 15 is 0 Å². The number of aryl methyl sites for hydroxylation is 4. The Morgan fingerprint density at radius 2 is 0.634 bits per heavy atom. The molecule has 0 atom stereocenters. The third-order valence-electron chi connectivity index (χ3n) is 13.7. The fourth-order valence-corrected chi connectivity index (χ4v) is 8.93. The number of anilines is 3. The molecule has 0 aromatic heterocycles. The Bertz CT molecular complexity index is 3900. The number of Topliss-reactive ketones (excluding diaryl/α,β-unsaturated/α-hetero) is 1. The number of ketones is 1. The summed E-state index contributed by atoms with van der Waals surface area (Å²) in [7, 11) is 5.22. The number of amides is 3. The highest BCUT2D eigenvalue weighted by atomic mass is 16.5. The summed E-state index contributed by atoms with van der Waals surface area (Å²) in [4.78, 5) is 99.7. The fraction of sp³-hybridized carbons (Fsp3) is 0.179. The Balaban J connectivity index is 0.000000225. The number of hydrogen-bond acceptors (Lipinski definition) is 11. The number of carboxylic acids is 1. The lowest BCUT2D eigenvalue weighted by molar-refractivity contribution is -0.138. The van der Waals surface area contributed by atoms with E-state index in [1.807, 2.05) is 149 Å². The Labute approximate surface area is 545 Å². The fourth-order valence-electron chi connectivity index (χ4n) is 8.93. The van der Waals surface area contributed by atoms with Crippen LogP contribution in [0, 0.1) is 27.7 Å². The maximum atomic E-state index is 12.7. The smallest absolute Gasteiger partial charge is 0.330 e. The molecule has 0 saturated heterocycles.